The molecule has 0 fully saturated rings. The molecule has 1 aromatic rings. The summed E-state index contributed by atoms with van der Waals surface area (Å²) in [5, 5.41) is 8.80. The minimum Gasteiger partial charge on any atom is -0.395 e. The van der Waals surface area contributed by atoms with Gasteiger partial charge < -0.3 is 19.8 Å². The predicted molar refractivity (Wildman–Crippen MR) is 57.8 cm³/mol. The lowest BCUT2D eigenvalue weighted by Gasteiger charge is -2.23. The molecule has 0 heterocycles. The Morgan fingerprint density at radius 3 is 2.27 bits per heavy atom. The summed E-state index contributed by atoms with van der Waals surface area (Å²) >= 11 is 0. The van der Waals surface area contributed by atoms with Gasteiger partial charge in [-0.15, -0.1) is 0 Å². The smallest absolute Gasteiger partial charge is 0.344 e. The van der Waals surface area contributed by atoms with Crippen LogP contribution in [0.3, 0.4) is 0 Å². The molecule has 0 atom stereocenters. The molecule has 0 radical (unpaired) electrons. The van der Waals surface area contributed by atoms with Crippen molar-refractivity contribution in [2.75, 3.05) is 24.3 Å². The highest BCUT2D eigenvalue weighted by molar-refractivity contribution is 7.51. The second-order valence-corrected chi connectivity index (χ2v) is 4.74. The third-order valence-electron chi connectivity index (χ3n) is 1.85. The molecule has 84 valence electrons. The number of rotatable bonds is 5. The summed E-state index contributed by atoms with van der Waals surface area (Å²) in [6.07, 6.45) is -0.377. The van der Waals surface area contributed by atoms with Crippen LogP contribution in [0.2, 0.25) is 0 Å². The first-order chi connectivity index (χ1) is 7.03. The molecule has 0 spiro atoms. The van der Waals surface area contributed by atoms with Gasteiger partial charge in [0.25, 0.3) is 0 Å². The fraction of sp³-hybridized carbons (Fsp3) is 0.333. The number of nitrogens with zero attached hydrogens (tertiary/aromatic N) is 1. The van der Waals surface area contributed by atoms with Crippen molar-refractivity contribution in [3.63, 3.8) is 0 Å². The first kappa shape index (κ1) is 12.2. The number of aliphatic hydroxyl groups is 1. The first-order valence-electron chi connectivity index (χ1n) is 4.48. The molecule has 6 heteroatoms. The Hall–Kier alpha value is -0.870. The maximum Gasteiger partial charge on any atom is 0.344 e. The molecule has 0 bridgehead atoms. The molecule has 0 aliphatic rings. The minimum atomic E-state index is -4.10. The summed E-state index contributed by atoms with van der Waals surface area (Å²) in [5.41, 5.74) is 0.690. The normalized spacial score (nSPS) is 11.4. The molecule has 0 saturated carbocycles. The van der Waals surface area contributed by atoms with Gasteiger partial charge >= 0.3 is 7.60 Å². The van der Waals surface area contributed by atoms with Gasteiger partial charge in [0.2, 0.25) is 0 Å². The Morgan fingerprint density at radius 2 is 1.80 bits per heavy atom. The third kappa shape index (κ3) is 4.44. The van der Waals surface area contributed by atoms with Crippen molar-refractivity contribution < 1.29 is 19.5 Å². The number of para-hydroxylation sites is 1. The van der Waals surface area contributed by atoms with Crippen LogP contribution in [0.4, 0.5) is 5.69 Å². The molecule has 15 heavy (non-hydrogen) atoms. The van der Waals surface area contributed by atoms with Crippen LogP contribution in [0.1, 0.15) is 0 Å². The fourth-order valence-corrected chi connectivity index (χ4v) is 2.01. The quantitative estimate of drug-likeness (QED) is 0.647. The van der Waals surface area contributed by atoms with Crippen molar-refractivity contribution in [2.45, 2.75) is 0 Å². The Balaban J connectivity index is 2.79. The van der Waals surface area contributed by atoms with Crippen LogP contribution in [-0.4, -0.2) is 34.3 Å². The van der Waals surface area contributed by atoms with Crippen molar-refractivity contribution in [1.82, 2.24) is 0 Å². The van der Waals surface area contributed by atoms with Gasteiger partial charge in [-0.3, -0.25) is 4.57 Å². The Bertz CT molecular complexity index is 337. The molecular weight excluding hydrogens is 217 g/mol. The van der Waals surface area contributed by atoms with Crippen LogP contribution in [0.15, 0.2) is 30.3 Å². The molecule has 5 nitrogen and oxygen atoms in total. The molecule has 1 aromatic carbocycles. The van der Waals surface area contributed by atoms with Crippen LogP contribution in [0.5, 0.6) is 0 Å². The van der Waals surface area contributed by atoms with E-state index in [-0.39, 0.29) is 19.4 Å². The number of hydrogen-bond donors (Lipinski definition) is 3. The van der Waals surface area contributed by atoms with E-state index in [9.17, 15) is 4.57 Å². The predicted octanol–water partition coefficient (Wildman–Crippen LogP) is 0.621. The second-order valence-electron chi connectivity index (χ2n) is 3.13. The summed E-state index contributed by atoms with van der Waals surface area (Å²) in [4.78, 5) is 19.2. The standard InChI is InChI=1S/C9H14NO4P/c11-7-6-10(8-15(12,13)14)9-4-2-1-3-5-9/h1-5,11H,6-8H2,(H2,12,13,14). The summed E-state index contributed by atoms with van der Waals surface area (Å²) in [6.45, 7) is 0.0595. The fourth-order valence-electron chi connectivity index (χ4n) is 1.26. The van der Waals surface area contributed by atoms with E-state index in [1.165, 1.54) is 4.90 Å². The van der Waals surface area contributed by atoms with Gasteiger partial charge in [0.05, 0.1) is 6.61 Å². The van der Waals surface area contributed by atoms with Crippen LogP contribution in [-0.2, 0) is 4.57 Å². The van der Waals surface area contributed by atoms with Crippen LogP contribution in [0, 0.1) is 0 Å². The minimum absolute atomic E-state index is 0.144. The Morgan fingerprint density at radius 1 is 1.20 bits per heavy atom. The molecule has 0 aromatic heterocycles. The second kappa shape index (κ2) is 5.28. The highest BCUT2D eigenvalue weighted by atomic mass is 31.2. The van der Waals surface area contributed by atoms with E-state index < -0.39 is 7.60 Å². The number of anilines is 1. The summed E-state index contributed by atoms with van der Waals surface area (Å²) in [7, 11) is -4.10. The van der Waals surface area contributed by atoms with Gasteiger partial charge in [0, 0.05) is 12.2 Å². The van der Waals surface area contributed by atoms with E-state index in [1.807, 2.05) is 6.07 Å². The SMILES string of the molecule is O=P(O)(O)CN(CCO)c1ccccc1. The molecular formula is C9H14NO4P. The number of hydrogen-bond acceptors (Lipinski definition) is 3. The van der Waals surface area contributed by atoms with Crippen LogP contribution < -0.4 is 4.90 Å². The molecule has 0 unspecified atom stereocenters. The van der Waals surface area contributed by atoms with Gasteiger partial charge in [-0.05, 0) is 12.1 Å². The summed E-state index contributed by atoms with van der Waals surface area (Å²) < 4.78 is 10.9. The van der Waals surface area contributed by atoms with E-state index in [1.54, 1.807) is 24.3 Å². The van der Waals surface area contributed by atoms with E-state index in [0.29, 0.717) is 5.69 Å². The van der Waals surface area contributed by atoms with Gasteiger partial charge in [-0.25, -0.2) is 0 Å². The van der Waals surface area contributed by atoms with E-state index in [2.05, 4.69) is 0 Å². The summed E-state index contributed by atoms with van der Waals surface area (Å²) in [5.74, 6) is 0. The monoisotopic (exact) mass is 231 g/mol. The van der Waals surface area contributed by atoms with Gasteiger partial charge in [-0.2, -0.15) is 0 Å². The van der Waals surface area contributed by atoms with Crippen molar-refractivity contribution in [3.05, 3.63) is 30.3 Å². The molecule has 0 amide bonds. The zero-order valence-electron chi connectivity index (χ0n) is 8.15. The van der Waals surface area contributed by atoms with Gasteiger partial charge in [0.1, 0.15) is 6.29 Å². The third-order valence-corrected chi connectivity index (χ3v) is 2.56. The van der Waals surface area contributed by atoms with Crippen molar-refractivity contribution in [2.24, 2.45) is 0 Å². The maximum absolute atomic E-state index is 10.9. The van der Waals surface area contributed by atoms with Crippen molar-refractivity contribution >= 4 is 13.3 Å². The van der Waals surface area contributed by atoms with Crippen LogP contribution >= 0.6 is 7.60 Å². The summed E-state index contributed by atoms with van der Waals surface area (Å²) in [6, 6.07) is 8.85. The van der Waals surface area contributed by atoms with Crippen LogP contribution in [0.25, 0.3) is 0 Å². The molecule has 0 aliphatic heterocycles. The molecule has 1 rings (SSSR count). The molecule has 0 saturated heterocycles. The largest absolute Gasteiger partial charge is 0.395 e. The lowest BCUT2D eigenvalue weighted by molar-refractivity contribution is 0.301. The first-order valence-corrected chi connectivity index (χ1v) is 6.28. The van der Waals surface area contributed by atoms with E-state index >= 15 is 0 Å². The van der Waals surface area contributed by atoms with E-state index in [4.69, 9.17) is 14.9 Å². The zero-order valence-corrected chi connectivity index (χ0v) is 9.05. The Labute approximate surface area is 88.1 Å². The molecule has 0 aliphatic carbocycles. The lowest BCUT2D eigenvalue weighted by atomic mass is 10.3. The average Bonchev–Trinajstić information content (AvgIpc) is 2.17. The lowest BCUT2D eigenvalue weighted by Crippen LogP contribution is -2.27. The highest BCUT2D eigenvalue weighted by Crippen LogP contribution is 2.36. The van der Waals surface area contributed by atoms with E-state index in [0.717, 1.165) is 0 Å². The van der Waals surface area contributed by atoms with Crippen molar-refractivity contribution in [3.8, 4) is 0 Å². The zero-order chi connectivity index (χ0) is 11.3. The molecule has 3 N–H and O–H groups in total. The average molecular weight is 231 g/mol. The van der Waals surface area contributed by atoms with Crippen molar-refractivity contribution in [1.29, 1.82) is 0 Å². The topological polar surface area (TPSA) is 81.0 Å². The maximum atomic E-state index is 10.9. The highest BCUT2D eigenvalue weighted by Gasteiger charge is 2.18. The number of aliphatic hydroxyl groups excluding tert-OH is 1. The van der Waals surface area contributed by atoms with Gasteiger partial charge in [0.15, 0.2) is 0 Å². The number of benzene rings is 1. The Kier molecular flexibility index (Phi) is 4.29. The van der Waals surface area contributed by atoms with Gasteiger partial charge in [-0.1, -0.05) is 18.2 Å².